The predicted octanol–water partition coefficient (Wildman–Crippen LogP) is 1.03. The highest BCUT2D eigenvalue weighted by Crippen LogP contribution is 2.38. The van der Waals surface area contributed by atoms with Gasteiger partial charge in [-0.15, -0.1) is 0 Å². The Hall–Kier alpha value is -0.650. The zero-order valence-electron chi connectivity index (χ0n) is 12.8. The monoisotopic (exact) mass is 284 g/mol. The lowest BCUT2D eigenvalue weighted by Crippen LogP contribution is -2.54. The molecule has 0 amide bonds. The Bertz CT molecular complexity index is 318. The molecule has 2 rings (SSSR count). The lowest BCUT2D eigenvalue weighted by Gasteiger charge is -2.35. The van der Waals surface area contributed by atoms with Crippen molar-refractivity contribution in [3.8, 4) is 0 Å². The molecule has 0 bridgehead atoms. The molecule has 0 aromatic carbocycles. The van der Waals surface area contributed by atoms with Crippen molar-refractivity contribution in [3.05, 3.63) is 0 Å². The van der Waals surface area contributed by atoms with Crippen LogP contribution >= 0.6 is 0 Å². The Morgan fingerprint density at radius 2 is 2.20 bits per heavy atom. The number of likely N-dealkylation sites (N-methyl/N-ethyl adjacent to an activating group) is 1. The second-order valence-corrected chi connectivity index (χ2v) is 5.77. The summed E-state index contributed by atoms with van der Waals surface area (Å²) in [6, 6.07) is 0. The SMILES string of the molecule is CCOC(=O)C1(NC)CCCC1CCN1CCOCC1. The quantitative estimate of drug-likeness (QED) is 0.738. The molecule has 0 radical (unpaired) electrons. The summed E-state index contributed by atoms with van der Waals surface area (Å²) in [6.45, 7) is 7.07. The van der Waals surface area contributed by atoms with Gasteiger partial charge in [-0.25, -0.2) is 0 Å². The van der Waals surface area contributed by atoms with Crippen molar-refractivity contribution in [3.63, 3.8) is 0 Å². The topological polar surface area (TPSA) is 50.8 Å². The number of morpholine rings is 1. The number of rotatable bonds is 6. The number of ether oxygens (including phenoxy) is 2. The second-order valence-electron chi connectivity index (χ2n) is 5.77. The van der Waals surface area contributed by atoms with Crippen LogP contribution in [0.3, 0.4) is 0 Å². The van der Waals surface area contributed by atoms with Crippen LogP contribution in [0.15, 0.2) is 0 Å². The summed E-state index contributed by atoms with van der Waals surface area (Å²) in [7, 11) is 1.89. The van der Waals surface area contributed by atoms with Crippen molar-refractivity contribution >= 4 is 5.97 Å². The van der Waals surface area contributed by atoms with Crippen LogP contribution in [0.5, 0.6) is 0 Å². The highest BCUT2D eigenvalue weighted by atomic mass is 16.5. The lowest BCUT2D eigenvalue weighted by atomic mass is 9.84. The van der Waals surface area contributed by atoms with Gasteiger partial charge in [0.15, 0.2) is 0 Å². The Labute approximate surface area is 122 Å². The third-order valence-corrected chi connectivity index (χ3v) is 4.80. The molecule has 20 heavy (non-hydrogen) atoms. The normalized spacial score (nSPS) is 31.4. The summed E-state index contributed by atoms with van der Waals surface area (Å²) in [6.07, 6.45) is 4.17. The van der Waals surface area contributed by atoms with E-state index in [1.54, 1.807) is 0 Å². The van der Waals surface area contributed by atoms with Crippen molar-refractivity contribution in [2.24, 2.45) is 5.92 Å². The van der Waals surface area contributed by atoms with Crippen LogP contribution < -0.4 is 5.32 Å². The van der Waals surface area contributed by atoms with Gasteiger partial charge in [0.25, 0.3) is 0 Å². The van der Waals surface area contributed by atoms with E-state index >= 15 is 0 Å². The number of carbonyl (C=O) groups is 1. The first-order valence-corrected chi connectivity index (χ1v) is 7.89. The molecule has 1 aliphatic carbocycles. The predicted molar refractivity (Wildman–Crippen MR) is 77.6 cm³/mol. The van der Waals surface area contributed by atoms with Crippen LogP contribution in [0.25, 0.3) is 0 Å². The smallest absolute Gasteiger partial charge is 0.326 e. The molecule has 1 heterocycles. The van der Waals surface area contributed by atoms with E-state index in [4.69, 9.17) is 9.47 Å². The summed E-state index contributed by atoms with van der Waals surface area (Å²) in [5, 5.41) is 3.28. The first-order valence-electron chi connectivity index (χ1n) is 7.89. The van der Waals surface area contributed by atoms with Crippen LogP contribution in [0, 0.1) is 5.92 Å². The summed E-state index contributed by atoms with van der Waals surface area (Å²) < 4.78 is 10.7. The highest BCUT2D eigenvalue weighted by Gasteiger charge is 2.48. The Morgan fingerprint density at radius 1 is 1.45 bits per heavy atom. The van der Waals surface area contributed by atoms with Gasteiger partial charge in [-0.05, 0) is 45.7 Å². The molecule has 5 nitrogen and oxygen atoms in total. The molecular weight excluding hydrogens is 256 g/mol. The van der Waals surface area contributed by atoms with Crippen LogP contribution in [-0.4, -0.2) is 62.9 Å². The maximum Gasteiger partial charge on any atom is 0.326 e. The van der Waals surface area contributed by atoms with Gasteiger partial charge < -0.3 is 14.8 Å². The van der Waals surface area contributed by atoms with E-state index < -0.39 is 5.54 Å². The molecule has 0 spiro atoms. The fourth-order valence-corrected chi connectivity index (χ4v) is 3.59. The van der Waals surface area contributed by atoms with E-state index in [-0.39, 0.29) is 5.97 Å². The average Bonchev–Trinajstić information content (AvgIpc) is 2.90. The summed E-state index contributed by atoms with van der Waals surface area (Å²) >= 11 is 0. The maximum atomic E-state index is 12.3. The summed E-state index contributed by atoms with van der Waals surface area (Å²) in [5.41, 5.74) is -0.456. The largest absolute Gasteiger partial charge is 0.465 e. The molecule has 1 saturated heterocycles. The van der Waals surface area contributed by atoms with Gasteiger partial charge in [0.1, 0.15) is 5.54 Å². The fourth-order valence-electron chi connectivity index (χ4n) is 3.59. The molecule has 5 heteroatoms. The molecule has 1 N–H and O–H groups in total. The molecule has 2 atom stereocenters. The van der Waals surface area contributed by atoms with E-state index in [9.17, 15) is 4.79 Å². The molecule has 116 valence electrons. The van der Waals surface area contributed by atoms with Gasteiger partial charge in [0.05, 0.1) is 19.8 Å². The van der Waals surface area contributed by atoms with Gasteiger partial charge in [-0.3, -0.25) is 9.69 Å². The number of hydrogen-bond acceptors (Lipinski definition) is 5. The maximum absolute atomic E-state index is 12.3. The molecule has 2 aliphatic rings. The minimum absolute atomic E-state index is 0.0630. The number of carbonyl (C=O) groups excluding carboxylic acids is 1. The minimum atomic E-state index is -0.456. The van der Waals surface area contributed by atoms with Crippen molar-refractivity contribution < 1.29 is 14.3 Å². The van der Waals surface area contributed by atoms with Gasteiger partial charge in [-0.2, -0.15) is 0 Å². The average molecular weight is 284 g/mol. The van der Waals surface area contributed by atoms with E-state index in [0.717, 1.165) is 58.5 Å². The van der Waals surface area contributed by atoms with Crippen molar-refractivity contribution in [2.75, 3.05) is 46.5 Å². The van der Waals surface area contributed by atoms with E-state index in [1.165, 1.54) is 0 Å². The van der Waals surface area contributed by atoms with E-state index in [0.29, 0.717) is 12.5 Å². The van der Waals surface area contributed by atoms with Gasteiger partial charge in [-0.1, -0.05) is 6.42 Å². The molecule has 2 unspecified atom stereocenters. The highest BCUT2D eigenvalue weighted by molar-refractivity contribution is 5.81. The zero-order chi connectivity index (χ0) is 14.4. The first-order chi connectivity index (χ1) is 9.73. The minimum Gasteiger partial charge on any atom is -0.465 e. The van der Waals surface area contributed by atoms with Crippen LogP contribution in [0.4, 0.5) is 0 Å². The van der Waals surface area contributed by atoms with Crippen molar-refractivity contribution in [2.45, 2.75) is 38.1 Å². The first kappa shape index (κ1) is 15.7. The Balaban J connectivity index is 1.92. The van der Waals surface area contributed by atoms with E-state index in [2.05, 4.69) is 10.2 Å². The summed E-state index contributed by atoms with van der Waals surface area (Å²) in [4.78, 5) is 14.8. The molecule has 2 fully saturated rings. The van der Waals surface area contributed by atoms with Crippen molar-refractivity contribution in [1.82, 2.24) is 10.2 Å². The molecule has 0 aromatic heterocycles. The van der Waals surface area contributed by atoms with Gasteiger partial charge in [0, 0.05) is 13.1 Å². The zero-order valence-corrected chi connectivity index (χ0v) is 12.8. The fraction of sp³-hybridized carbons (Fsp3) is 0.933. The Kier molecular flexibility index (Phi) is 5.81. The molecule has 0 aromatic rings. The number of nitrogens with one attached hydrogen (secondary N) is 1. The molecular formula is C15H28N2O3. The van der Waals surface area contributed by atoms with Crippen LogP contribution in [-0.2, 0) is 14.3 Å². The molecule has 1 saturated carbocycles. The van der Waals surface area contributed by atoms with E-state index in [1.807, 2.05) is 14.0 Å². The van der Waals surface area contributed by atoms with Gasteiger partial charge >= 0.3 is 5.97 Å². The Morgan fingerprint density at radius 3 is 2.85 bits per heavy atom. The lowest BCUT2D eigenvalue weighted by molar-refractivity contribution is -0.153. The molecule has 1 aliphatic heterocycles. The number of hydrogen-bond donors (Lipinski definition) is 1. The number of esters is 1. The third-order valence-electron chi connectivity index (χ3n) is 4.80. The van der Waals surface area contributed by atoms with Crippen LogP contribution in [0.2, 0.25) is 0 Å². The number of nitrogens with zero attached hydrogens (tertiary/aromatic N) is 1. The third kappa shape index (κ3) is 3.32. The summed E-state index contributed by atoms with van der Waals surface area (Å²) in [5.74, 6) is 0.321. The second kappa shape index (κ2) is 7.38. The standard InChI is InChI=1S/C15H28N2O3/c1-3-20-14(18)15(16-2)7-4-5-13(15)6-8-17-9-11-19-12-10-17/h13,16H,3-12H2,1-2H3. The van der Waals surface area contributed by atoms with Gasteiger partial charge in [0.2, 0.25) is 0 Å². The van der Waals surface area contributed by atoms with Crippen LogP contribution in [0.1, 0.15) is 32.6 Å². The van der Waals surface area contributed by atoms with Crippen molar-refractivity contribution in [1.29, 1.82) is 0 Å².